The third-order valence-corrected chi connectivity index (χ3v) is 4.75. The van der Waals surface area contributed by atoms with Gasteiger partial charge in [-0.05, 0) is 28.0 Å². The number of hydrogen-bond donors (Lipinski definition) is 0. The Hall–Kier alpha value is -1.67. The van der Waals surface area contributed by atoms with Gasteiger partial charge in [0.05, 0.1) is 0 Å². The van der Waals surface area contributed by atoms with Crippen molar-refractivity contribution in [3.8, 4) is 0 Å². The molecule has 2 aromatic heterocycles. The Labute approximate surface area is 117 Å². The monoisotopic (exact) mass is 293 g/mol. The number of fused-ring (bicyclic) bond motifs is 1. The van der Waals surface area contributed by atoms with Crippen molar-refractivity contribution in [2.75, 3.05) is 19.0 Å². The minimum atomic E-state index is 0.777. The molecule has 0 saturated carbocycles. The van der Waals surface area contributed by atoms with Crippen LogP contribution in [0.2, 0.25) is 0 Å². The molecule has 0 atom stereocenters. The zero-order chi connectivity index (χ0) is 13.2. The highest BCUT2D eigenvalue weighted by Crippen LogP contribution is 2.29. The SMILES string of the molecule is CN(C)c1nnc(SCc2ccc3nonc3c2)s1. The van der Waals surface area contributed by atoms with Gasteiger partial charge in [0.2, 0.25) is 5.13 Å². The molecule has 0 aliphatic heterocycles. The zero-order valence-corrected chi connectivity index (χ0v) is 12.0. The van der Waals surface area contributed by atoms with E-state index in [9.17, 15) is 0 Å². The van der Waals surface area contributed by atoms with Gasteiger partial charge in [-0.3, -0.25) is 0 Å². The maximum absolute atomic E-state index is 4.68. The second-order valence-corrected chi connectivity index (χ2v) is 6.30. The van der Waals surface area contributed by atoms with Crippen molar-refractivity contribution in [1.82, 2.24) is 20.5 Å². The van der Waals surface area contributed by atoms with E-state index >= 15 is 0 Å². The summed E-state index contributed by atoms with van der Waals surface area (Å²) in [7, 11) is 3.92. The van der Waals surface area contributed by atoms with Crippen LogP contribution in [-0.4, -0.2) is 34.6 Å². The normalized spacial score (nSPS) is 11.1. The Balaban J connectivity index is 1.70. The molecule has 3 aromatic rings. The van der Waals surface area contributed by atoms with Gasteiger partial charge in [-0.15, -0.1) is 10.2 Å². The summed E-state index contributed by atoms with van der Waals surface area (Å²) in [5.74, 6) is 0.824. The molecule has 0 aliphatic carbocycles. The van der Waals surface area contributed by atoms with Crippen LogP contribution >= 0.6 is 23.1 Å². The number of hydrogen-bond acceptors (Lipinski definition) is 8. The van der Waals surface area contributed by atoms with E-state index in [4.69, 9.17) is 0 Å². The van der Waals surface area contributed by atoms with Gasteiger partial charge in [0.25, 0.3) is 0 Å². The Morgan fingerprint density at radius 2 is 2.05 bits per heavy atom. The first kappa shape index (κ1) is 12.4. The van der Waals surface area contributed by atoms with Gasteiger partial charge in [0, 0.05) is 19.8 Å². The maximum Gasteiger partial charge on any atom is 0.208 e. The first-order valence-electron chi connectivity index (χ1n) is 5.57. The van der Waals surface area contributed by atoms with E-state index in [1.807, 2.05) is 37.2 Å². The molecule has 6 nitrogen and oxygen atoms in total. The fraction of sp³-hybridized carbons (Fsp3) is 0.273. The minimum Gasteiger partial charge on any atom is -0.353 e. The summed E-state index contributed by atoms with van der Waals surface area (Å²) < 4.78 is 5.64. The fourth-order valence-corrected chi connectivity index (χ4v) is 3.21. The predicted octanol–water partition coefficient (Wildman–Crippen LogP) is 2.43. The van der Waals surface area contributed by atoms with Gasteiger partial charge in [-0.1, -0.05) is 29.2 Å². The van der Waals surface area contributed by atoms with Crippen LogP contribution in [0.3, 0.4) is 0 Å². The van der Waals surface area contributed by atoms with E-state index in [0.29, 0.717) is 0 Å². The molecule has 19 heavy (non-hydrogen) atoms. The summed E-state index contributed by atoms with van der Waals surface area (Å²) >= 11 is 3.25. The van der Waals surface area contributed by atoms with Crippen LogP contribution in [-0.2, 0) is 5.75 Å². The van der Waals surface area contributed by atoms with Gasteiger partial charge >= 0.3 is 0 Å². The summed E-state index contributed by atoms with van der Waals surface area (Å²) in [6.45, 7) is 0. The molecule has 0 unspecified atom stereocenters. The summed E-state index contributed by atoms with van der Waals surface area (Å²) in [6.07, 6.45) is 0. The topological polar surface area (TPSA) is 67.9 Å². The van der Waals surface area contributed by atoms with Gasteiger partial charge in [-0.25, -0.2) is 4.63 Å². The first-order valence-corrected chi connectivity index (χ1v) is 7.37. The molecule has 0 saturated heterocycles. The highest BCUT2D eigenvalue weighted by atomic mass is 32.2. The average molecular weight is 293 g/mol. The van der Waals surface area contributed by atoms with E-state index in [1.165, 1.54) is 0 Å². The van der Waals surface area contributed by atoms with Crippen LogP contribution in [0, 0.1) is 0 Å². The quantitative estimate of drug-likeness (QED) is 0.684. The Morgan fingerprint density at radius 3 is 2.84 bits per heavy atom. The minimum absolute atomic E-state index is 0.777. The standard InChI is InChI=1S/C11H11N5OS2/c1-16(2)10-12-13-11(19-10)18-6-7-3-4-8-9(5-7)15-17-14-8/h3-5H,6H2,1-2H3. The highest BCUT2D eigenvalue weighted by Gasteiger charge is 2.07. The number of aromatic nitrogens is 4. The number of thioether (sulfide) groups is 1. The molecule has 0 bridgehead atoms. The number of nitrogens with zero attached hydrogens (tertiary/aromatic N) is 5. The average Bonchev–Trinajstić information content (AvgIpc) is 3.04. The molecule has 0 N–H and O–H groups in total. The summed E-state index contributed by atoms with van der Waals surface area (Å²) in [6, 6.07) is 5.91. The summed E-state index contributed by atoms with van der Waals surface area (Å²) in [4.78, 5) is 1.95. The smallest absolute Gasteiger partial charge is 0.208 e. The third-order valence-electron chi connectivity index (χ3n) is 2.46. The van der Waals surface area contributed by atoms with Gasteiger partial charge < -0.3 is 4.90 Å². The summed E-state index contributed by atoms with van der Waals surface area (Å²) in [5, 5.41) is 16.8. The molecule has 0 aliphatic rings. The van der Waals surface area contributed by atoms with Crippen LogP contribution < -0.4 is 4.90 Å². The van der Waals surface area contributed by atoms with Crippen LogP contribution in [0.5, 0.6) is 0 Å². The van der Waals surface area contributed by atoms with E-state index in [2.05, 4.69) is 25.1 Å². The molecule has 0 fully saturated rings. The molecule has 8 heteroatoms. The Bertz CT molecular complexity index is 693. The lowest BCUT2D eigenvalue weighted by Gasteiger charge is -2.03. The van der Waals surface area contributed by atoms with Crippen molar-refractivity contribution in [3.05, 3.63) is 23.8 Å². The van der Waals surface area contributed by atoms with Crippen molar-refractivity contribution >= 4 is 39.3 Å². The molecule has 3 rings (SSSR count). The predicted molar refractivity (Wildman–Crippen MR) is 75.6 cm³/mol. The van der Waals surface area contributed by atoms with Crippen molar-refractivity contribution in [2.45, 2.75) is 10.1 Å². The molecule has 0 amide bonds. The molecule has 98 valence electrons. The zero-order valence-electron chi connectivity index (χ0n) is 10.4. The van der Waals surface area contributed by atoms with Crippen molar-refractivity contribution in [2.24, 2.45) is 0 Å². The van der Waals surface area contributed by atoms with E-state index in [-0.39, 0.29) is 0 Å². The van der Waals surface area contributed by atoms with E-state index in [1.54, 1.807) is 23.1 Å². The van der Waals surface area contributed by atoms with Gasteiger partial charge in [0.1, 0.15) is 11.0 Å². The third kappa shape index (κ3) is 2.69. The van der Waals surface area contributed by atoms with Crippen LogP contribution in [0.15, 0.2) is 27.2 Å². The number of rotatable bonds is 4. The maximum atomic E-state index is 4.68. The lowest BCUT2D eigenvalue weighted by atomic mass is 10.2. The molecular formula is C11H11N5OS2. The largest absolute Gasteiger partial charge is 0.353 e. The first-order chi connectivity index (χ1) is 9.22. The molecular weight excluding hydrogens is 282 g/mol. The second-order valence-electron chi connectivity index (χ2n) is 4.12. The lowest BCUT2D eigenvalue weighted by Crippen LogP contribution is -2.07. The van der Waals surface area contributed by atoms with Gasteiger partial charge in [-0.2, -0.15) is 0 Å². The molecule has 2 heterocycles. The Morgan fingerprint density at radius 1 is 1.21 bits per heavy atom. The molecule has 0 radical (unpaired) electrons. The van der Waals surface area contributed by atoms with Gasteiger partial charge in [0.15, 0.2) is 4.34 Å². The lowest BCUT2D eigenvalue weighted by molar-refractivity contribution is 0.315. The number of anilines is 1. The van der Waals surface area contributed by atoms with Crippen molar-refractivity contribution in [1.29, 1.82) is 0 Å². The van der Waals surface area contributed by atoms with E-state index in [0.717, 1.165) is 31.8 Å². The fourth-order valence-electron chi connectivity index (χ4n) is 1.50. The van der Waals surface area contributed by atoms with Crippen LogP contribution in [0.1, 0.15) is 5.56 Å². The highest BCUT2D eigenvalue weighted by molar-refractivity contribution is 8.00. The summed E-state index contributed by atoms with van der Waals surface area (Å²) in [5.41, 5.74) is 2.72. The second kappa shape index (κ2) is 5.14. The molecule has 1 aromatic carbocycles. The van der Waals surface area contributed by atoms with Crippen molar-refractivity contribution in [3.63, 3.8) is 0 Å². The van der Waals surface area contributed by atoms with E-state index < -0.39 is 0 Å². The van der Waals surface area contributed by atoms with Crippen molar-refractivity contribution < 1.29 is 4.63 Å². The van der Waals surface area contributed by atoms with Crippen LogP contribution in [0.25, 0.3) is 11.0 Å². The Kier molecular flexibility index (Phi) is 3.34. The molecule has 0 spiro atoms. The number of benzene rings is 1. The van der Waals surface area contributed by atoms with Crippen LogP contribution in [0.4, 0.5) is 5.13 Å².